The minimum absolute atomic E-state index is 0.0210. The fraction of sp³-hybridized carbons (Fsp3) is 0.440. The van der Waals surface area contributed by atoms with Crippen LogP contribution in [0.4, 0.5) is 0 Å². The van der Waals surface area contributed by atoms with E-state index in [0.717, 1.165) is 68.1 Å². The molecule has 0 radical (unpaired) electrons. The number of rotatable bonds is 5. The zero-order valence-corrected chi connectivity index (χ0v) is 18.9. The van der Waals surface area contributed by atoms with Crippen LogP contribution in [0.5, 0.6) is 0 Å². The Balaban J connectivity index is 1.18. The molecule has 2 unspecified atom stereocenters. The lowest BCUT2D eigenvalue weighted by molar-refractivity contribution is 0.0837. The summed E-state index contributed by atoms with van der Waals surface area (Å²) in [5.41, 5.74) is 2.43. The average Bonchev–Trinajstić information content (AvgIpc) is 3.47. The minimum atomic E-state index is -0.298. The van der Waals surface area contributed by atoms with Gasteiger partial charge in [-0.15, -0.1) is 0 Å². The van der Waals surface area contributed by atoms with E-state index in [-0.39, 0.29) is 23.6 Å². The van der Waals surface area contributed by atoms with Crippen LogP contribution in [-0.2, 0) is 11.3 Å². The molecule has 2 saturated heterocycles. The monoisotopic (exact) mass is 446 g/mol. The number of H-pyrrole nitrogens is 1. The van der Waals surface area contributed by atoms with Gasteiger partial charge in [0.2, 0.25) is 0 Å². The van der Waals surface area contributed by atoms with Crippen molar-refractivity contribution in [3.05, 3.63) is 59.8 Å². The molecule has 172 valence electrons. The lowest BCUT2D eigenvalue weighted by Crippen LogP contribution is -2.38. The molecule has 2 aliphatic rings. The summed E-state index contributed by atoms with van der Waals surface area (Å²) in [5.74, 6) is 1.35. The van der Waals surface area contributed by atoms with Gasteiger partial charge in [0, 0.05) is 50.1 Å². The van der Waals surface area contributed by atoms with Gasteiger partial charge in [-0.05, 0) is 30.9 Å². The standard InChI is InChI=1S/C25H30N6O2/c1-16-13-31(14-19-7-6-17-4-2-3-5-21(17)28-19)15-20(16)23(26)30-25(32)22-12-27-24(29-22)18-8-10-33-11-9-18/h2-7,12,16,18,20H,8-11,13-15H2,1H3,(H,27,29)(H2,26,30,32). The summed E-state index contributed by atoms with van der Waals surface area (Å²) in [4.78, 5) is 27.4. The first-order chi connectivity index (χ1) is 16.1. The third kappa shape index (κ3) is 4.82. The number of aromatic amines is 1. The molecule has 0 saturated carbocycles. The summed E-state index contributed by atoms with van der Waals surface area (Å²) in [6, 6.07) is 12.3. The first-order valence-corrected chi connectivity index (χ1v) is 11.7. The normalized spacial score (nSPS) is 22.0. The molecule has 0 bridgehead atoms. The van der Waals surface area contributed by atoms with E-state index in [2.05, 4.69) is 45.3 Å². The summed E-state index contributed by atoms with van der Waals surface area (Å²) < 4.78 is 5.40. The third-order valence-electron chi connectivity index (χ3n) is 6.80. The summed E-state index contributed by atoms with van der Waals surface area (Å²) in [6.07, 6.45) is 3.39. The van der Waals surface area contributed by atoms with Crippen molar-refractivity contribution in [2.75, 3.05) is 26.3 Å². The molecule has 2 atom stereocenters. The molecule has 5 rings (SSSR count). The van der Waals surface area contributed by atoms with E-state index >= 15 is 0 Å². The van der Waals surface area contributed by atoms with Gasteiger partial charge in [0.15, 0.2) is 0 Å². The fourth-order valence-corrected chi connectivity index (χ4v) is 4.91. The number of imidazole rings is 1. The van der Waals surface area contributed by atoms with Gasteiger partial charge in [0.25, 0.3) is 5.91 Å². The van der Waals surface area contributed by atoms with E-state index in [0.29, 0.717) is 11.6 Å². The maximum Gasteiger partial charge on any atom is 0.274 e. The largest absolute Gasteiger partial charge is 0.381 e. The Bertz CT molecular complexity index is 1150. The highest BCUT2D eigenvalue weighted by Crippen LogP contribution is 2.26. The number of hydrogen-bond donors (Lipinski definition) is 3. The topological polar surface area (TPSA) is 107 Å². The van der Waals surface area contributed by atoms with Crippen molar-refractivity contribution in [2.24, 2.45) is 11.8 Å². The van der Waals surface area contributed by atoms with Crippen LogP contribution in [0, 0.1) is 17.2 Å². The number of ether oxygens (including phenoxy) is 1. The molecule has 2 aliphatic heterocycles. The maximum absolute atomic E-state index is 12.7. The van der Waals surface area contributed by atoms with E-state index in [1.54, 1.807) is 6.20 Å². The van der Waals surface area contributed by atoms with E-state index < -0.39 is 0 Å². The Hall–Kier alpha value is -3.10. The Morgan fingerprint density at radius 1 is 1.21 bits per heavy atom. The second kappa shape index (κ2) is 9.41. The summed E-state index contributed by atoms with van der Waals surface area (Å²) in [7, 11) is 0. The number of amidine groups is 1. The van der Waals surface area contributed by atoms with E-state index in [1.807, 2.05) is 18.2 Å². The number of para-hydroxylation sites is 1. The molecular formula is C25H30N6O2. The second-order valence-electron chi connectivity index (χ2n) is 9.21. The SMILES string of the molecule is CC1CN(Cc2ccc3ccccc3n2)CC1C(=N)NC(=O)c1cnc(C2CCOCC2)[nH]1. The zero-order valence-electron chi connectivity index (χ0n) is 18.9. The Labute approximate surface area is 193 Å². The van der Waals surface area contributed by atoms with Gasteiger partial charge in [0.1, 0.15) is 17.4 Å². The van der Waals surface area contributed by atoms with Crippen molar-refractivity contribution >= 4 is 22.6 Å². The van der Waals surface area contributed by atoms with E-state index in [9.17, 15) is 4.79 Å². The molecule has 8 nitrogen and oxygen atoms in total. The zero-order chi connectivity index (χ0) is 22.8. The van der Waals surface area contributed by atoms with Crippen molar-refractivity contribution in [3.63, 3.8) is 0 Å². The lowest BCUT2D eigenvalue weighted by atomic mass is 9.97. The smallest absolute Gasteiger partial charge is 0.274 e. The lowest BCUT2D eigenvalue weighted by Gasteiger charge is -2.19. The molecule has 0 spiro atoms. The molecular weight excluding hydrogens is 416 g/mol. The van der Waals surface area contributed by atoms with Crippen LogP contribution in [0.2, 0.25) is 0 Å². The van der Waals surface area contributed by atoms with Gasteiger partial charge in [0.05, 0.1) is 17.4 Å². The predicted molar refractivity (Wildman–Crippen MR) is 126 cm³/mol. The van der Waals surface area contributed by atoms with Crippen LogP contribution < -0.4 is 5.32 Å². The van der Waals surface area contributed by atoms with Crippen molar-refractivity contribution in [2.45, 2.75) is 32.2 Å². The molecule has 1 amide bonds. The molecule has 1 aromatic carbocycles. The van der Waals surface area contributed by atoms with Gasteiger partial charge in [-0.1, -0.05) is 31.2 Å². The number of carbonyl (C=O) groups excluding carboxylic acids is 1. The Morgan fingerprint density at radius 2 is 2.03 bits per heavy atom. The molecule has 2 aromatic heterocycles. The molecule has 4 heterocycles. The molecule has 0 aliphatic carbocycles. The van der Waals surface area contributed by atoms with Crippen LogP contribution in [0.1, 0.15) is 47.7 Å². The Morgan fingerprint density at radius 3 is 2.88 bits per heavy atom. The van der Waals surface area contributed by atoms with Gasteiger partial charge < -0.3 is 15.0 Å². The fourth-order valence-electron chi connectivity index (χ4n) is 4.91. The molecule has 2 fully saturated rings. The minimum Gasteiger partial charge on any atom is -0.381 e. The number of fused-ring (bicyclic) bond motifs is 1. The number of nitrogens with zero attached hydrogens (tertiary/aromatic N) is 3. The molecule has 8 heteroatoms. The number of likely N-dealkylation sites (tertiary alicyclic amines) is 1. The highest BCUT2D eigenvalue weighted by molar-refractivity contribution is 6.05. The molecule has 3 aromatic rings. The van der Waals surface area contributed by atoms with Crippen LogP contribution in [0.15, 0.2) is 42.6 Å². The van der Waals surface area contributed by atoms with E-state index in [1.165, 1.54) is 0 Å². The van der Waals surface area contributed by atoms with Crippen molar-refractivity contribution in [1.29, 1.82) is 5.41 Å². The Kier molecular flexibility index (Phi) is 6.20. The van der Waals surface area contributed by atoms with Gasteiger partial charge in [-0.3, -0.25) is 20.1 Å². The molecule has 33 heavy (non-hydrogen) atoms. The number of benzene rings is 1. The van der Waals surface area contributed by atoms with Crippen LogP contribution in [0.25, 0.3) is 10.9 Å². The number of carbonyl (C=O) groups is 1. The average molecular weight is 447 g/mol. The van der Waals surface area contributed by atoms with Gasteiger partial charge >= 0.3 is 0 Å². The summed E-state index contributed by atoms with van der Waals surface area (Å²) in [6.45, 7) is 5.92. The summed E-state index contributed by atoms with van der Waals surface area (Å²) >= 11 is 0. The van der Waals surface area contributed by atoms with Gasteiger partial charge in [-0.2, -0.15) is 0 Å². The quantitative estimate of drug-likeness (QED) is 0.412. The van der Waals surface area contributed by atoms with Crippen LogP contribution in [-0.4, -0.2) is 57.9 Å². The van der Waals surface area contributed by atoms with E-state index in [4.69, 9.17) is 15.1 Å². The highest BCUT2D eigenvalue weighted by Gasteiger charge is 2.34. The second-order valence-corrected chi connectivity index (χ2v) is 9.21. The number of aromatic nitrogens is 3. The number of amides is 1. The van der Waals surface area contributed by atoms with Gasteiger partial charge in [-0.25, -0.2) is 4.98 Å². The predicted octanol–water partition coefficient (Wildman–Crippen LogP) is 3.33. The first-order valence-electron chi connectivity index (χ1n) is 11.7. The van der Waals surface area contributed by atoms with Crippen LogP contribution in [0.3, 0.4) is 0 Å². The maximum atomic E-state index is 12.7. The van der Waals surface area contributed by atoms with Crippen LogP contribution >= 0.6 is 0 Å². The molecule has 3 N–H and O–H groups in total. The first kappa shape index (κ1) is 21.7. The highest BCUT2D eigenvalue weighted by atomic mass is 16.5. The number of nitrogens with one attached hydrogen (secondary N) is 3. The van der Waals surface area contributed by atoms with Crippen molar-refractivity contribution < 1.29 is 9.53 Å². The number of pyridine rings is 1. The number of hydrogen-bond acceptors (Lipinski definition) is 6. The van der Waals surface area contributed by atoms with Crippen molar-refractivity contribution in [1.82, 2.24) is 25.2 Å². The third-order valence-corrected chi connectivity index (χ3v) is 6.80. The van der Waals surface area contributed by atoms with Crippen molar-refractivity contribution in [3.8, 4) is 0 Å². The summed E-state index contributed by atoms with van der Waals surface area (Å²) in [5, 5.41) is 12.5.